The van der Waals surface area contributed by atoms with E-state index in [0.29, 0.717) is 6.42 Å². The monoisotopic (exact) mass is 295 g/mol. The first-order valence-corrected chi connectivity index (χ1v) is 7.98. The predicted octanol–water partition coefficient (Wildman–Crippen LogP) is 2.53. The van der Waals surface area contributed by atoms with Crippen molar-refractivity contribution < 1.29 is 14.3 Å². The highest BCUT2D eigenvalue weighted by Crippen LogP contribution is 2.24. The van der Waals surface area contributed by atoms with Crippen LogP contribution in [0.25, 0.3) is 0 Å². The summed E-state index contributed by atoms with van der Waals surface area (Å²) in [7, 11) is 1.41. The first-order valence-electron chi connectivity index (χ1n) is 7.10. The molecular weight excluding hydrogens is 274 g/mol. The van der Waals surface area contributed by atoms with Gasteiger partial charge in [0.05, 0.1) is 19.4 Å². The maximum Gasteiger partial charge on any atom is 0.310 e. The van der Waals surface area contributed by atoms with Crippen LogP contribution in [0.2, 0.25) is 0 Å². The molecule has 1 amide bonds. The van der Waals surface area contributed by atoms with E-state index in [2.05, 4.69) is 5.32 Å². The Labute approximate surface area is 123 Å². The number of esters is 1. The fourth-order valence-corrected chi connectivity index (χ4v) is 3.45. The number of methoxy groups -OCH3 is 1. The van der Waals surface area contributed by atoms with E-state index in [-0.39, 0.29) is 23.8 Å². The fourth-order valence-electron chi connectivity index (χ4n) is 2.74. The standard InChI is InChI=1S/C15H21NO3S/c1-19-15(18)12-7-3-2-4-8-13(12)16-14(17)10-11-6-5-9-20-11/h5-6,9,12-13H,2-4,7-8,10H2,1H3,(H,16,17)/t12-,13-/m0/s1. The maximum absolute atomic E-state index is 12.1. The van der Waals surface area contributed by atoms with Crippen LogP contribution in [0.1, 0.15) is 37.0 Å². The van der Waals surface area contributed by atoms with E-state index >= 15 is 0 Å². The van der Waals surface area contributed by atoms with Gasteiger partial charge in [0.15, 0.2) is 0 Å². The topological polar surface area (TPSA) is 55.4 Å². The van der Waals surface area contributed by atoms with Crippen LogP contribution in [0.15, 0.2) is 17.5 Å². The lowest BCUT2D eigenvalue weighted by Gasteiger charge is -2.24. The summed E-state index contributed by atoms with van der Waals surface area (Å²) in [5, 5.41) is 4.99. The molecule has 0 spiro atoms. The Kier molecular flexibility index (Phi) is 5.59. The van der Waals surface area contributed by atoms with Crippen LogP contribution in [0, 0.1) is 5.92 Å². The highest BCUT2D eigenvalue weighted by molar-refractivity contribution is 7.10. The lowest BCUT2D eigenvalue weighted by atomic mass is 9.94. The quantitative estimate of drug-likeness (QED) is 0.686. The van der Waals surface area contributed by atoms with Gasteiger partial charge in [-0.1, -0.05) is 25.3 Å². The molecule has 0 saturated heterocycles. The summed E-state index contributed by atoms with van der Waals surface area (Å²) in [5.41, 5.74) is 0. The minimum Gasteiger partial charge on any atom is -0.469 e. The Balaban J connectivity index is 1.96. The Morgan fingerprint density at radius 2 is 2.15 bits per heavy atom. The lowest BCUT2D eigenvalue weighted by Crippen LogP contribution is -2.43. The van der Waals surface area contributed by atoms with Gasteiger partial charge in [0, 0.05) is 10.9 Å². The summed E-state index contributed by atoms with van der Waals surface area (Å²) in [6, 6.07) is 3.81. The molecule has 1 saturated carbocycles. The molecule has 2 atom stereocenters. The van der Waals surface area contributed by atoms with Crippen LogP contribution in [0.4, 0.5) is 0 Å². The average molecular weight is 295 g/mol. The first kappa shape index (κ1) is 15.0. The van der Waals surface area contributed by atoms with Crippen LogP contribution < -0.4 is 5.32 Å². The van der Waals surface area contributed by atoms with Crippen molar-refractivity contribution in [3.8, 4) is 0 Å². The van der Waals surface area contributed by atoms with Gasteiger partial charge >= 0.3 is 5.97 Å². The minimum atomic E-state index is -0.201. The highest BCUT2D eigenvalue weighted by atomic mass is 32.1. The third-order valence-corrected chi connectivity index (χ3v) is 4.66. The summed E-state index contributed by atoms with van der Waals surface area (Å²) in [5.74, 6) is -0.406. The van der Waals surface area contributed by atoms with Crippen molar-refractivity contribution in [2.75, 3.05) is 7.11 Å². The number of ether oxygens (including phenoxy) is 1. The zero-order valence-corrected chi connectivity index (χ0v) is 12.6. The van der Waals surface area contributed by atoms with Crippen LogP contribution in [0.3, 0.4) is 0 Å². The molecule has 1 aromatic heterocycles. The van der Waals surface area contributed by atoms with Gasteiger partial charge < -0.3 is 10.1 Å². The van der Waals surface area contributed by atoms with Crippen molar-refractivity contribution in [3.63, 3.8) is 0 Å². The van der Waals surface area contributed by atoms with Gasteiger partial charge in [0.1, 0.15) is 0 Å². The Bertz CT molecular complexity index is 444. The van der Waals surface area contributed by atoms with Crippen molar-refractivity contribution in [2.45, 2.75) is 44.6 Å². The highest BCUT2D eigenvalue weighted by Gasteiger charge is 2.31. The minimum absolute atomic E-state index is 0.00625. The lowest BCUT2D eigenvalue weighted by molar-refractivity contribution is -0.147. The summed E-state index contributed by atoms with van der Waals surface area (Å²) >= 11 is 1.58. The Morgan fingerprint density at radius 3 is 2.85 bits per heavy atom. The van der Waals surface area contributed by atoms with Gasteiger partial charge in [-0.2, -0.15) is 0 Å². The van der Waals surface area contributed by atoms with Crippen LogP contribution in [-0.4, -0.2) is 25.0 Å². The number of thiophene rings is 1. The number of hydrogen-bond donors (Lipinski definition) is 1. The molecular formula is C15H21NO3S. The van der Waals surface area contributed by atoms with Crippen molar-refractivity contribution in [3.05, 3.63) is 22.4 Å². The smallest absolute Gasteiger partial charge is 0.310 e. The predicted molar refractivity (Wildman–Crippen MR) is 78.5 cm³/mol. The van der Waals surface area contributed by atoms with E-state index in [1.165, 1.54) is 7.11 Å². The Hall–Kier alpha value is -1.36. The van der Waals surface area contributed by atoms with Crippen molar-refractivity contribution in [1.82, 2.24) is 5.32 Å². The third kappa shape index (κ3) is 4.07. The summed E-state index contributed by atoms with van der Waals surface area (Å²) in [6.45, 7) is 0. The second-order valence-corrected chi connectivity index (χ2v) is 6.23. The average Bonchev–Trinajstić information content (AvgIpc) is 2.83. The number of nitrogens with one attached hydrogen (secondary N) is 1. The molecule has 0 aliphatic heterocycles. The molecule has 0 aromatic carbocycles. The molecule has 1 aromatic rings. The molecule has 1 fully saturated rings. The van der Waals surface area contributed by atoms with E-state index in [1.54, 1.807) is 11.3 Å². The fraction of sp³-hybridized carbons (Fsp3) is 0.600. The zero-order chi connectivity index (χ0) is 14.4. The molecule has 1 aliphatic carbocycles. The molecule has 110 valence electrons. The molecule has 20 heavy (non-hydrogen) atoms. The van der Waals surface area contributed by atoms with Crippen LogP contribution in [-0.2, 0) is 20.7 Å². The Morgan fingerprint density at radius 1 is 1.35 bits per heavy atom. The van der Waals surface area contributed by atoms with E-state index in [0.717, 1.165) is 37.0 Å². The number of hydrogen-bond acceptors (Lipinski definition) is 4. The summed E-state index contributed by atoms with van der Waals surface area (Å²) < 4.78 is 4.87. The number of carbonyl (C=O) groups is 2. The SMILES string of the molecule is COC(=O)[C@H]1CCCCC[C@@H]1NC(=O)Cc1cccs1. The van der Waals surface area contributed by atoms with Crippen molar-refractivity contribution in [1.29, 1.82) is 0 Å². The molecule has 1 aliphatic rings. The largest absolute Gasteiger partial charge is 0.469 e. The first-order chi connectivity index (χ1) is 9.70. The normalized spacial score (nSPS) is 22.9. The summed E-state index contributed by atoms with van der Waals surface area (Å²) in [6.07, 6.45) is 5.24. The molecule has 1 N–H and O–H groups in total. The maximum atomic E-state index is 12.1. The molecule has 1 heterocycles. The van der Waals surface area contributed by atoms with E-state index < -0.39 is 0 Å². The second kappa shape index (κ2) is 7.43. The number of carbonyl (C=O) groups excluding carboxylic acids is 2. The van der Waals surface area contributed by atoms with Gasteiger partial charge in [0.25, 0.3) is 0 Å². The van der Waals surface area contributed by atoms with Crippen LogP contribution >= 0.6 is 11.3 Å². The van der Waals surface area contributed by atoms with E-state index in [4.69, 9.17) is 4.74 Å². The summed E-state index contributed by atoms with van der Waals surface area (Å²) in [4.78, 5) is 25.0. The van der Waals surface area contributed by atoms with Crippen molar-refractivity contribution in [2.24, 2.45) is 5.92 Å². The van der Waals surface area contributed by atoms with Gasteiger partial charge in [-0.15, -0.1) is 11.3 Å². The molecule has 2 rings (SSSR count). The van der Waals surface area contributed by atoms with Crippen LogP contribution in [0.5, 0.6) is 0 Å². The zero-order valence-electron chi connectivity index (χ0n) is 11.8. The third-order valence-electron chi connectivity index (χ3n) is 3.78. The number of rotatable bonds is 4. The van der Waals surface area contributed by atoms with Crippen molar-refractivity contribution >= 4 is 23.2 Å². The molecule has 0 bridgehead atoms. The van der Waals surface area contributed by atoms with E-state index in [1.807, 2.05) is 17.5 Å². The van der Waals surface area contributed by atoms with Gasteiger partial charge in [-0.25, -0.2) is 0 Å². The molecule has 0 radical (unpaired) electrons. The molecule has 5 heteroatoms. The molecule has 4 nitrogen and oxygen atoms in total. The van der Waals surface area contributed by atoms with Gasteiger partial charge in [-0.3, -0.25) is 9.59 Å². The number of amides is 1. The molecule has 0 unspecified atom stereocenters. The second-order valence-electron chi connectivity index (χ2n) is 5.20. The van der Waals surface area contributed by atoms with Gasteiger partial charge in [0.2, 0.25) is 5.91 Å². The van der Waals surface area contributed by atoms with Gasteiger partial charge in [-0.05, 0) is 24.3 Å². The van der Waals surface area contributed by atoms with E-state index in [9.17, 15) is 9.59 Å².